The van der Waals surface area contributed by atoms with Crippen LogP contribution in [0.3, 0.4) is 0 Å². The van der Waals surface area contributed by atoms with Crippen molar-refractivity contribution in [3.8, 4) is 0 Å². The van der Waals surface area contributed by atoms with Gasteiger partial charge in [0.1, 0.15) is 0 Å². The molecule has 1 unspecified atom stereocenters. The SMILES string of the molecule is CCC(CC)n1ccc(COC(C)CNC)n1. The van der Waals surface area contributed by atoms with E-state index in [0.717, 1.165) is 25.1 Å². The second-order valence-electron chi connectivity index (χ2n) is 4.44. The number of hydrogen-bond donors (Lipinski definition) is 1. The Morgan fingerprint density at radius 3 is 2.71 bits per heavy atom. The molecule has 0 amide bonds. The maximum absolute atomic E-state index is 5.69. The first-order valence-corrected chi connectivity index (χ1v) is 6.51. The van der Waals surface area contributed by atoms with Crippen LogP contribution >= 0.6 is 0 Å². The van der Waals surface area contributed by atoms with Gasteiger partial charge in [-0.05, 0) is 32.9 Å². The number of ether oxygens (including phenoxy) is 1. The zero-order valence-corrected chi connectivity index (χ0v) is 11.4. The Hall–Kier alpha value is -0.870. The van der Waals surface area contributed by atoms with E-state index in [1.807, 2.05) is 13.1 Å². The van der Waals surface area contributed by atoms with Crippen LogP contribution in [-0.2, 0) is 11.3 Å². The van der Waals surface area contributed by atoms with Crippen molar-refractivity contribution in [2.75, 3.05) is 13.6 Å². The maximum Gasteiger partial charge on any atom is 0.0910 e. The van der Waals surface area contributed by atoms with Gasteiger partial charge in [0.25, 0.3) is 0 Å². The first kappa shape index (κ1) is 14.2. The number of rotatable bonds is 8. The fraction of sp³-hybridized carbons (Fsp3) is 0.769. The fourth-order valence-corrected chi connectivity index (χ4v) is 1.89. The van der Waals surface area contributed by atoms with Gasteiger partial charge in [-0.15, -0.1) is 0 Å². The lowest BCUT2D eigenvalue weighted by Crippen LogP contribution is -2.23. The van der Waals surface area contributed by atoms with E-state index in [2.05, 4.69) is 42.1 Å². The summed E-state index contributed by atoms with van der Waals surface area (Å²) in [7, 11) is 1.93. The Bertz CT molecular complexity index is 307. The molecule has 1 aromatic heterocycles. The van der Waals surface area contributed by atoms with Crippen LogP contribution in [0.25, 0.3) is 0 Å². The Kier molecular flexibility index (Phi) is 6.22. The quantitative estimate of drug-likeness (QED) is 0.757. The summed E-state index contributed by atoms with van der Waals surface area (Å²) in [5.41, 5.74) is 1.01. The smallest absolute Gasteiger partial charge is 0.0910 e. The van der Waals surface area contributed by atoms with Gasteiger partial charge >= 0.3 is 0 Å². The average molecular weight is 239 g/mol. The van der Waals surface area contributed by atoms with Crippen molar-refractivity contribution in [1.29, 1.82) is 0 Å². The van der Waals surface area contributed by atoms with Crippen LogP contribution < -0.4 is 5.32 Å². The normalized spacial score (nSPS) is 13.2. The van der Waals surface area contributed by atoms with E-state index in [1.165, 1.54) is 0 Å². The highest BCUT2D eigenvalue weighted by Crippen LogP contribution is 2.14. The van der Waals surface area contributed by atoms with Gasteiger partial charge in [-0.25, -0.2) is 0 Å². The van der Waals surface area contributed by atoms with Gasteiger partial charge in [-0.2, -0.15) is 5.10 Å². The van der Waals surface area contributed by atoms with Crippen molar-refractivity contribution in [2.45, 2.75) is 52.4 Å². The molecule has 0 saturated heterocycles. The molecule has 17 heavy (non-hydrogen) atoms. The predicted octanol–water partition coefficient (Wildman–Crippen LogP) is 2.37. The van der Waals surface area contributed by atoms with Crippen LogP contribution in [0.15, 0.2) is 12.3 Å². The topological polar surface area (TPSA) is 39.1 Å². The molecule has 4 heteroatoms. The highest BCUT2D eigenvalue weighted by atomic mass is 16.5. The molecule has 0 aliphatic rings. The lowest BCUT2D eigenvalue weighted by Gasteiger charge is -2.13. The molecular weight excluding hydrogens is 214 g/mol. The van der Waals surface area contributed by atoms with Crippen LogP contribution in [0.4, 0.5) is 0 Å². The summed E-state index contributed by atoms with van der Waals surface area (Å²) in [4.78, 5) is 0. The lowest BCUT2D eigenvalue weighted by atomic mass is 10.2. The van der Waals surface area contributed by atoms with Gasteiger partial charge in [0.05, 0.1) is 24.4 Å². The molecule has 4 nitrogen and oxygen atoms in total. The molecule has 1 rings (SSSR count). The molecule has 0 saturated carbocycles. The lowest BCUT2D eigenvalue weighted by molar-refractivity contribution is 0.0521. The fourth-order valence-electron chi connectivity index (χ4n) is 1.89. The van der Waals surface area contributed by atoms with Gasteiger partial charge in [0.2, 0.25) is 0 Å². The number of nitrogens with zero attached hydrogens (tertiary/aromatic N) is 2. The van der Waals surface area contributed by atoms with Gasteiger partial charge in [-0.1, -0.05) is 13.8 Å². The van der Waals surface area contributed by atoms with E-state index < -0.39 is 0 Å². The van der Waals surface area contributed by atoms with E-state index >= 15 is 0 Å². The summed E-state index contributed by atoms with van der Waals surface area (Å²) >= 11 is 0. The molecule has 1 atom stereocenters. The van der Waals surface area contributed by atoms with Crippen molar-refractivity contribution in [3.05, 3.63) is 18.0 Å². The third kappa shape index (κ3) is 4.48. The minimum absolute atomic E-state index is 0.221. The number of likely N-dealkylation sites (N-methyl/N-ethyl adjacent to an activating group) is 1. The number of hydrogen-bond acceptors (Lipinski definition) is 3. The van der Waals surface area contributed by atoms with Crippen molar-refractivity contribution >= 4 is 0 Å². The Morgan fingerprint density at radius 2 is 2.12 bits per heavy atom. The van der Waals surface area contributed by atoms with E-state index in [0.29, 0.717) is 12.6 Å². The second kappa shape index (κ2) is 7.45. The van der Waals surface area contributed by atoms with Gasteiger partial charge in [0.15, 0.2) is 0 Å². The third-order valence-electron chi connectivity index (χ3n) is 2.99. The van der Waals surface area contributed by atoms with Crippen LogP contribution in [0.5, 0.6) is 0 Å². The van der Waals surface area contributed by atoms with Crippen LogP contribution in [0, 0.1) is 0 Å². The second-order valence-corrected chi connectivity index (χ2v) is 4.44. The predicted molar refractivity (Wildman–Crippen MR) is 70.0 cm³/mol. The molecule has 0 spiro atoms. The van der Waals surface area contributed by atoms with Gasteiger partial charge in [-0.3, -0.25) is 4.68 Å². The summed E-state index contributed by atoms with van der Waals surface area (Å²) in [5.74, 6) is 0. The zero-order chi connectivity index (χ0) is 12.7. The zero-order valence-electron chi connectivity index (χ0n) is 11.4. The van der Waals surface area contributed by atoms with E-state index in [1.54, 1.807) is 0 Å². The molecule has 0 aromatic carbocycles. The van der Waals surface area contributed by atoms with Crippen molar-refractivity contribution in [1.82, 2.24) is 15.1 Å². The standard InChI is InChI=1S/C13H25N3O/c1-5-13(6-2)16-8-7-12(15-16)10-17-11(3)9-14-4/h7-8,11,13-14H,5-6,9-10H2,1-4H3. The Labute approximate surface area is 104 Å². The van der Waals surface area contributed by atoms with Gasteiger partial charge in [0, 0.05) is 12.7 Å². The summed E-state index contributed by atoms with van der Waals surface area (Å²) in [6, 6.07) is 2.56. The Balaban J connectivity index is 2.45. The maximum atomic E-state index is 5.69. The minimum Gasteiger partial charge on any atom is -0.371 e. The van der Waals surface area contributed by atoms with Crippen molar-refractivity contribution in [2.24, 2.45) is 0 Å². The van der Waals surface area contributed by atoms with Crippen molar-refractivity contribution in [3.63, 3.8) is 0 Å². The van der Waals surface area contributed by atoms with E-state index in [9.17, 15) is 0 Å². The molecule has 0 radical (unpaired) electrons. The molecule has 0 bridgehead atoms. The molecule has 1 heterocycles. The highest BCUT2D eigenvalue weighted by molar-refractivity contribution is 4.98. The molecular formula is C13H25N3O. The van der Waals surface area contributed by atoms with E-state index in [4.69, 9.17) is 4.74 Å². The molecule has 0 aliphatic heterocycles. The molecule has 1 N–H and O–H groups in total. The van der Waals surface area contributed by atoms with Crippen molar-refractivity contribution < 1.29 is 4.74 Å². The number of nitrogens with one attached hydrogen (secondary N) is 1. The minimum atomic E-state index is 0.221. The first-order chi connectivity index (χ1) is 8.21. The summed E-state index contributed by atoms with van der Waals surface area (Å²) < 4.78 is 7.75. The molecule has 0 fully saturated rings. The summed E-state index contributed by atoms with van der Waals surface area (Å²) in [5, 5.41) is 7.65. The molecule has 1 aromatic rings. The van der Waals surface area contributed by atoms with E-state index in [-0.39, 0.29) is 6.10 Å². The summed E-state index contributed by atoms with van der Waals surface area (Å²) in [6.45, 7) is 7.92. The first-order valence-electron chi connectivity index (χ1n) is 6.51. The third-order valence-corrected chi connectivity index (χ3v) is 2.99. The Morgan fingerprint density at radius 1 is 1.41 bits per heavy atom. The highest BCUT2D eigenvalue weighted by Gasteiger charge is 2.08. The van der Waals surface area contributed by atoms with Gasteiger partial charge < -0.3 is 10.1 Å². The summed E-state index contributed by atoms with van der Waals surface area (Å²) in [6.07, 6.45) is 4.51. The van der Waals surface area contributed by atoms with Crippen LogP contribution in [0.2, 0.25) is 0 Å². The van der Waals surface area contributed by atoms with Crippen LogP contribution in [-0.4, -0.2) is 29.5 Å². The largest absolute Gasteiger partial charge is 0.371 e. The molecule has 98 valence electrons. The molecule has 0 aliphatic carbocycles. The monoisotopic (exact) mass is 239 g/mol. The average Bonchev–Trinajstić information content (AvgIpc) is 2.77. The van der Waals surface area contributed by atoms with Crippen LogP contribution in [0.1, 0.15) is 45.3 Å². The number of aromatic nitrogens is 2.